The Morgan fingerprint density at radius 1 is 1.00 bits per heavy atom. The molecular formula is C16H30N4. The Bertz CT molecular complexity index is 346. The van der Waals surface area contributed by atoms with Crippen molar-refractivity contribution in [3.63, 3.8) is 0 Å². The summed E-state index contributed by atoms with van der Waals surface area (Å²) in [6.45, 7) is 10.6. The van der Waals surface area contributed by atoms with E-state index in [9.17, 15) is 0 Å². The van der Waals surface area contributed by atoms with E-state index in [-0.39, 0.29) is 0 Å². The molecule has 1 aromatic heterocycles. The SMILES string of the molecule is CCCCN(CCCC)c1cncc(CNCCC)n1. The van der Waals surface area contributed by atoms with E-state index in [1.807, 2.05) is 12.4 Å². The van der Waals surface area contributed by atoms with Crippen molar-refractivity contribution in [1.82, 2.24) is 15.3 Å². The van der Waals surface area contributed by atoms with E-state index in [1.165, 1.54) is 25.7 Å². The molecule has 0 fully saturated rings. The van der Waals surface area contributed by atoms with E-state index in [0.717, 1.165) is 44.1 Å². The van der Waals surface area contributed by atoms with Gasteiger partial charge in [-0.1, -0.05) is 33.6 Å². The minimum Gasteiger partial charge on any atom is -0.355 e. The van der Waals surface area contributed by atoms with E-state index in [4.69, 9.17) is 4.98 Å². The van der Waals surface area contributed by atoms with Gasteiger partial charge in [0.25, 0.3) is 0 Å². The van der Waals surface area contributed by atoms with E-state index in [2.05, 4.69) is 36.0 Å². The molecule has 0 spiro atoms. The standard InChI is InChI=1S/C16H30N4/c1-4-7-10-20(11-8-5-2)16-14-18-13-15(19-16)12-17-9-6-3/h13-14,17H,4-12H2,1-3H3. The highest BCUT2D eigenvalue weighted by Crippen LogP contribution is 2.12. The fourth-order valence-corrected chi connectivity index (χ4v) is 2.06. The lowest BCUT2D eigenvalue weighted by Gasteiger charge is -2.23. The van der Waals surface area contributed by atoms with Gasteiger partial charge in [-0.15, -0.1) is 0 Å². The Morgan fingerprint density at radius 2 is 1.70 bits per heavy atom. The lowest BCUT2D eigenvalue weighted by Crippen LogP contribution is -2.27. The van der Waals surface area contributed by atoms with Crippen molar-refractivity contribution in [2.45, 2.75) is 59.4 Å². The molecule has 0 atom stereocenters. The third-order valence-electron chi connectivity index (χ3n) is 3.29. The molecule has 1 rings (SSSR count). The Morgan fingerprint density at radius 3 is 2.30 bits per heavy atom. The summed E-state index contributed by atoms with van der Waals surface area (Å²) in [6.07, 6.45) is 9.76. The molecule has 0 unspecified atom stereocenters. The molecule has 20 heavy (non-hydrogen) atoms. The van der Waals surface area contributed by atoms with Gasteiger partial charge in [0.15, 0.2) is 0 Å². The Kier molecular flexibility index (Phi) is 8.96. The number of rotatable bonds is 11. The maximum absolute atomic E-state index is 4.75. The zero-order valence-electron chi connectivity index (χ0n) is 13.4. The highest BCUT2D eigenvalue weighted by molar-refractivity contribution is 5.36. The van der Waals surface area contributed by atoms with Gasteiger partial charge in [0.2, 0.25) is 0 Å². The molecule has 0 bridgehead atoms. The second kappa shape index (κ2) is 10.6. The summed E-state index contributed by atoms with van der Waals surface area (Å²) in [6, 6.07) is 0. The summed E-state index contributed by atoms with van der Waals surface area (Å²) >= 11 is 0. The predicted molar refractivity (Wildman–Crippen MR) is 86.1 cm³/mol. The van der Waals surface area contributed by atoms with Crippen molar-refractivity contribution in [3.8, 4) is 0 Å². The van der Waals surface area contributed by atoms with Gasteiger partial charge in [0.05, 0.1) is 11.9 Å². The van der Waals surface area contributed by atoms with Gasteiger partial charge in [-0.2, -0.15) is 0 Å². The lowest BCUT2D eigenvalue weighted by atomic mass is 10.2. The fraction of sp³-hybridized carbons (Fsp3) is 0.750. The van der Waals surface area contributed by atoms with Crippen LogP contribution in [0.5, 0.6) is 0 Å². The number of unbranched alkanes of at least 4 members (excludes halogenated alkanes) is 2. The van der Waals surface area contributed by atoms with Gasteiger partial charge >= 0.3 is 0 Å². The molecule has 1 aromatic rings. The minimum absolute atomic E-state index is 0.810. The topological polar surface area (TPSA) is 41.1 Å². The second-order valence-electron chi connectivity index (χ2n) is 5.24. The van der Waals surface area contributed by atoms with Crippen molar-refractivity contribution in [3.05, 3.63) is 18.1 Å². The summed E-state index contributed by atoms with van der Waals surface area (Å²) in [4.78, 5) is 11.5. The van der Waals surface area contributed by atoms with Crippen LogP contribution >= 0.6 is 0 Å². The third kappa shape index (κ3) is 6.33. The van der Waals surface area contributed by atoms with Crippen LogP contribution in [0.3, 0.4) is 0 Å². The number of hydrogen-bond donors (Lipinski definition) is 1. The van der Waals surface area contributed by atoms with Crippen LogP contribution in [0, 0.1) is 0 Å². The zero-order valence-corrected chi connectivity index (χ0v) is 13.4. The van der Waals surface area contributed by atoms with Crippen LogP contribution in [0.1, 0.15) is 58.6 Å². The van der Waals surface area contributed by atoms with Crippen LogP contribution in [0.2, 0.25) is 0 Å². The summed E-state index contributed by atoms with van der Waals surface area (Å²) in [5, 5.41) is 3.38. The molecule has 0 saturated heterocycles. The molecular weight excluding hydrogens is 248 g/mol. The molecule has 114 valence electrons. The first-order valence-corrected chi connectivity index (χ1v) is 8.08. The second-order valence-corrected chi connectivity index (χ2v) is 5.24. The highest BCUT2D eigenvalue weighted by Gasteiger charge is 2.08. The van der Waals surface area contributed by atoms with Gasteiger partial charge in [0, 0.05) is 25.8 Å². The van der Waals surface area contributed by atoms with Gasteiger partial charge in [-0.25, -0.2) is 4.98 Å². The van der Waals surface area contributed by atoms with Gasteiger partial charge in [-0.05, 0) is 25.8 Å². The Hall–Kier alpha value is -1.16. The normalized spacial score (nSPS) is 10.8. The van der Waals surface area contributed by atoms with Crippen LogP contribution in [0.25, 0.3) is 0 Å². The average Bonchev–Trinajstić information content (AvgIpc) is 2.48. The Balaban J connectivity index is 2.65. The summed E-state index contributed by atoms with van der Waals surface area (Å²) < 4.78 is 0. The van der Waals surface area contributed by atoms with Gasteiger partial charge in [-0.3, -0.25) is 4.98 Å². The molecule has 0 radical (unpaired) electrons. The van der Waals surface area contributed by atoms with E-state index in [1.54, 1.807) is 0 Å². The number of aromatic nitrogens is 2. The number of anilines is 1. The van der Waals surface area contributed by atoms with Crippen LogP contribution in [-0.4, -0.2) is 29.6 Å². The summed E-state index contributed by atoms with van der Waals surface area (Å²) in [5.41, 5.74) is 1.04. The molecule has 1 heterocycles. The van der Waals surface area contributed by atoms with Crippen LogP contribution < -0.4 is 10.2 Å². The maximum atomic E-state index is 4.75. The van der Waals surface area contributed by atoms with E-state index in [0.29, 0.717) is 0 Å². The van der Waals surface area contributed by atoms with Crippen molar-refractivity contribution in [2.24, 2.45) is 0 Å². The van der Waals surface area contributed by atoms with Gasteiger partial charge in [0.1, 0.15) is 5.82 Å². The molecule has 0 aliphatic rings. The monoisotopic (exact) mass is 278 g/mol. The first-order chi connectivity index (χ1) is 9.81. The Labute approximate surface area is 124 Å². The van der Waals surface area contributed by atoms with Crippen molar-refractivity contribution in [1.29, 1.82) is 0 Å². The van der Waals surface area contributed by atoms with Crippen molar-refractivity contribution >= 4 is 5.82 Å². The van der Waals surface area contributed by atoms with Crippen molar-refractivity contribution in [2.75, 3.05) is 24.5 Å². The van der Waals surface area contributed by atoms with Crippen LogP contribution in [-0.2, 0) is 6.54 Å². The fourth-order valence-electron chi connectivity index (χ4n) is 2.06. The zero-order chi connectivity index (χ0) is 14.6. The summed E-state index contributed by atoms with van der Waals surface area (Å²) in [7, 11) is 0. The van der Waals surface area contributed by atoms with Crippen LogP contribution in [0.15, 0.2) is 12.4 Å². The first kappa shape index (κ1) is 16.9. The molecule has 4 nitrogen and oxygen atoms in total. The number of nitrogens with zero attached hydrogens (tertiary/aromatic N) is 3. The first-order valence-electron chi connectivity index (χ1n) is 8.08. The molecule has 0 aliphatic heterocycles. The molecule has 0 amide bonds. The predicted octanol–water partition coefficient (Wildman–Crippen LogP) is 3.38. The molecule has 1 N–H and O–H groups in total. The molecule has 0 aliphatic carbocycles. The quantitative estimate of drug-likeness (QED) is 0.630. The number of hydrogen-bond acceptors (Lipinski definition) is 4. The smallest absolute Gasteiger partial charge is 0.147 e. The maximum Gasteiger partial charge on any atom is 0.147 e. The molecule has 4 heteroatoms. The third-order valence-corrected chi connectivity index (χ3v) is 3.29. The van der Waals surface area contributed by atoms with Gasteiger partial charge < -0.3 is 10.2 Å². The van der Waals surface area contributed by atoms with E-state index >= 15 is 0 Å². The summed E-state index contributed by atoms with van der Waals surface area (Å²) in [5.74, 6) is 1.03. The average molecular weight is 278 g/mol. The highest BCUT2D eigenvalue weighted by atomic mass is 15.2. The minimum atomic E-state index is 0.810. The van der Waals surface area contributed by atoms with E-state index < -0.39 is 0 Å². The largest absolute Gasteiger partial charge is 0.355 e. The van der Waals surface area contributed by atoms with Crippen molar-refractivity contribution < 1.29 is 0 Å². The molecule has 0 saturated carbocycles. The molecule has 0 aromatic carbocycles. The number of nitrogens with one attached hydrogen (secondary N) is 1. The van der Waals surface area contributed by atoms with Crippen LogP contribution in [0.4, 0.5) is 5.82 Å². The lowest BCUT2D eigenvalue weighted by molar-refractivity contribution is 0.648.